The Morgan fingerprint density at radius 2 is 1.09 bits per heavy atom. The van der Waals surface area contributed by atoms with Crippen molar-refractivity contribution in [2.75, 3.05) is 10.8 Å². The van der Waals surface area contributed by atoms with Crippen LogP contribution in [0.25, 0.3) is 22.3 Å². The van der Waals surface area contributed by atoms with Gasteiger partial charge < -0.3 is 4.90 Å². The van der Waals surface area contributed by atoms with Crippen LogP contribution in [0.3, 0.4) is 0 Å². The predicted molar refractivity (Wildman–Crippen MR) is 206 cm³/mol. The van der Waals surface area contributed by atoms with Crippen molar-refractivity contribution in [2.24, 2.45) is 5.92 Å². The van der Waals surface area contributed by atoms with Crippen LogP contribution in [0.1, 0.15) is 144 Å². The smallest absolute Gasteiger partial charge is 0.0729 e. The Labute approximate surface area is 286 Å². The van der Waals surface area contributed by atoms with E-state index in [2.05, 4.69) is 161 Å². The number of thioether (sulfide) groups is 1. The van der Waals surface area contributed by atoms with E-state index in [9.17, 15) is 0 Å². The molecule has 0 amide bonds. The van der Waals surface area contributed by atoms with Crippen LogP contribution in [0.15, 0.2) is 65.2 Å². The summed E-state index contributed by atoms with van der Waals surface area (Å²) in [5.74, 6) is 1.72. The zero-order valence-electron chi connectivity index (χ0n) is 31.4. The first-order valence-corrected chi connectivity index (χ1v) is 18.9. The minimum atomic E-state index is 0.0619. The van der Waals surface area contributed by atoms with Crippen molar-refractivity contribution in [3.8, 4) is 22.3 Å². The van der Waals surface area contributed by atoms with Crippen molar-refractivity contribution in [1.82, 2.24) is 0 Å². The Hall–Kier alpha value is -2.45. The minimum Gasteiger partial charge on any atom is -0.333 e. The minimum absolute atomic E-state index is 0.0619. The lowest BCUT2D eigenvalue weighted by Crippen LogP contribution is -2.22. The number of hydrogen-bond donors (Lipinski definition) is 0. The third-order valence-electron chi connectivity index (χ3n) is 10.2. The zero-order chi connectivity index (χ0) is 33.8. The van der Waals surface area contributed by atoms with E-state index in [-0.39, 0.29) is 21.7 Å². The molecule has 46 heavy (non-hydrogen) atoms. The van der Waals surface area contributed by atoms with Crippen molar-refractivity contribution in [3.63, 3.8) is 0 Å². The third-order valence-corrected chi connectivity index (χ3v) is 11.5. The molecule has 1 atom stereocenters. The number of benzene rings is 3. The molecule has 248 valence electrons. The van der Waals surface area contributed by atoms with Crippen molar-refractivity contribution >= 4 is 17.4 Å². The molecule has 1 aliphatic heterocycles. The summed E-state index contributed by atoms with van der Waals surface area (Å²) in [4.78, 5) is 4.42. The molecule has 0 saturated heterocycles. The molecule has 0 N–H and O–H groups in total. The molecule has 0 saturated carbocycles. The van der Waals surface area contributed by atoms with Gasteiger partial charge in [0, 0.05) is 21.7 Å². The molecule has 3 aromatic rings. The van der Waals surface area contributed by atoms with Gasteiger partial charge in [-0.05, 0) is 86.6 Å². The second-order valence-corrected chi connectivity index (χ2v) is 19.2. The molecule has 0 aromatic heterocycles. The highest BCUT2D eigenvalue weighted by Crippen LogP contribution is 2.52. The molecule has 0 radical (unpaired) electrons. The Morgan fingerprint density at radius 3 is 1.48 bits per heavy atom. The molecule has 1 heterocycles. The number of allylic oxidation sites excluding steroid dienone is 2. The van der Waals surface area contributed by atoms with E-state index in [0.29, 0.717) is 5.92 Å². The van der Waals surface area contributed by atoms with Gasteiger partial charge in [0.05, 0.1) is 11.6 Å². The standard InChI is InChI=1S/C44H61NS/c1-14-17-29-18-15-21-38-40(29)46-28-45(38)39-36(30-22-32(41(2,3)4)26-33(23-30)42(5,6)7)19-16-20-37(39)31-24-34(43(8,9)10)27-35(25-31)44(11,12)13/h16,19-20,22-27,29H,14-15,17-18,21,28H2,1-13H3. The average Bonchev–Trinajstić information content (AvgIpc) is 3.39. The van der Waals surface area contributed by atoms with Crippen LogP contribution in [0, 0.1) is 5.92 Å². The molecular formula is C44H61NS. The molecule has 5 rings (SSSR count). The van der Waals surface area contributed by atoms with E-state index in [4.69, 9.17) is 0 Å². The highest BCUT2D eigenvalue weighted by atomic mass is 32.2. The fourth-order valence-corrected chi connectivity index (χ4v) is 8.51. The SMILES string of the molecule is CCCC1CCCC2=C1SCN2c1c(-c2cc(C(C)(C)C)cc(C(C)(C)C)c2)cccc1-c1cc(C(C)(C)C)cc(C(C)(C)C)c1. The van der Waals surface area contributed by atoms with Crippen LogP contribution in [0.4, 0.5) is 5.69 Å². The second kappa shape index (κ2) is 12.5. The summed E-state index contributed by atoms with van der Waals surface area (Å²) in [7, 11) is 0. The van der Waals surface area contributed by atoms with Crippen LogP contribution in [0.2, 0.25) is 0 Å². The fourth-order valence-electron chi connectivity index (χ4n) is 7.11. The van der Waals surface area contributed by atoms with Gasteiger partial charge in [-0.3, -0.25) is 0 Å². The van der Waals surface area contributed by atoms with Gasteiger partial charge >= 0.3 is 0 Å². The average molecular weight is 636 g/mol. The van der Waals surface area contributed by atoms with Gasteiger partial charge in [-0.1, -0.05) is 151 Å². The fraction of sp³-hybridized carbons (Fsp3) is 0.545. The molecule has 0 spiro atoms. The number of para-hydroxylation sites is 1. The Morgan fingerprint density at radius 1 is 0.652 bits per heavy atom. The van der Waals surface area contributed by atoms with E-state index in [1.807, 2.05) is 0 Å². The van der Waals surface area contributed by atoms with E-state index < -0.39 is 0 Å². The second-order valence-electron chi connectivity index (χ2n) is 18.2. The van der Waals surface area contributed by atoms with Crippen LogP contribution in [-0.2, 0) is 21.7 Å². The molecule has 1 nitrogen and oxygen atoms in total. The van der Waals surface area contributed by atoms with Gasteiger partial charge in [0.25, 0.3) is 0 Å². The lowest BCUT2D eigenvalue weighted by atomic mass is 9.77. The van der Waals surface area contributed by atoms with Crippen LogP contribution in [-0.4, -0.2) is 5.88 Å². The largest absolute Gasteiger partial charge is 0.333 e. The highest BCUT2D eigenvalue weighted by molar-refractivity contribution is 8.03. The van der Waals surface area contributed by atoms with E-state index in [1.165, 1.54) is 82.3 Å². The molecule has 0 fully saturated rings. The van der Waals surface area contributed by atoms with Crippen molar-refractivity contribution < 1.29 is 0 Å². The lowest BCUT2D eigenvalue weighted by Gasteiger charge is -2.32. The monoisotopic (exact) mass is 635 g/mol. The first-order chi connectivity index (χ1) is 21.3. The van der Waals surface area contributed by atoms with Gasteiger partial charge in [0.2, 0.25) is 0 Å². The highest BCUT2D eigenvalue weighted by Gasteiger charge is 2.35. The zero-order valence-corrected chi connectivity index (χ0v) is 32.2. The van der Waals surface area contributed by atoms with Crippen molar-refractivity contribution in [1.29, 1.82) is 0 Å². The van der Waals surface area contributed by atoms with Crippen molar-refractivity contribution in [3.05, 3.63) is 87.5 Å². The van der Waals surface area contributed by atoms with Gasteiger partial charge in [-0.25, -0.2) is 0 Å². The first-order valence-electron chi connectivity index (χ1n) is 17.9. The topological polar surface area (TPSA) is 3.24 Å². The normalized spacial score (nSPS) is 17.9. The molecule has 3 aromatic carbocycles. The maximum absolute atomic E-state index is 2.74. The van der Waals surface area contributed by atoms with E-state index in [0.717, 1.165) is 5.88 Å². The Balaban J connectivity index is 1.85. The summed E-state index contributed by atoms with van der Waals surface area (Å²) in [6.45, 7) is 30.6. The number of hydrogen-bond acceptors (Lipinski definition) is 2. The summed E-state index contributed by atoms with van der Waals surface area (Å²) >= 11 is 2.12. The van der Waals surface area contributed by atoms with Crippen LogP contribution >= 0.6 is 11.8 Å². The molecular weight excluding hydrogens is 575 g/mol. The molecule has 1 aliphatic carbocycles. The lowest BCUT2D eigenvalue weighted by molar-refractivity contribution is 0.481. The first kappa shape index (κ1) is 34.9. The van der Waals surface area contributed by atoms with Crippen LogP contribution in [0.5, 0.6) is 0 Å². The van der Waals surface area contributed by atoms with Gasteiger partial charge in [0.1, 0.15) is 0 Å². The molecule has 2 aliphatic rings. The maximum Gasteiger partial charge on any atom is 0.0729 e. The molecule has 0 bridgehead atoms. The summed E-state index contributed by atoms with van der Waals surface area (Å²) in [5.41, 5.74) is 14.3. The summed E-state index contributed by atoms with van der Waals surface area (Å²) in [6, 6.07) is 22.0. The summed E-state index contributed by atoms with van der Waals surface area (Å²) < 4.78 is 0. The number of nitrogens with zero attached hydrogens (tertiary/aromatic N) is 1. The van der Waals surface area contributed by atoms with Gasteiger partial charge in [-0.2, -0.15) is 0 Å². The van der Waals surface area contributed by atoms with E-state index in [1.54, 1.807) is 10.6 Å². The summed E-state index contributed by atoms with van der Waals surface area (Å²) in [6.07, 6.45) is 6.38. The van der Waals surface area contributed by atoms with Crippen molar-refractivity contribution in [2.45, 2.75) is 144 Å². The number of anilines is 1. The Kier molecular flexibility index (Phi) is 9.50. The molecule has 2 heteroatoms. The number of rotatable bonds is 5. The van der Waals surface area contributed by atoms with Gasteiger partial charge in [-0.15, -0.1) is 11.8 Å². The Bertz CT molecular complexity index is 1450. The maximum atomic E-state index is 2.74. The quantitative estimate of drug-likeness (QED) is 0.274. The summed E-state index contributed by atoms with van der Waals surface area (Å²) in [5, 5.41) is 0. The van der Waals surface area contributed by atoms with E-state index >= 15 is 0 Å². The molecule has 1 unspecified atom stereocenters. The third kappa shape index (κ3) is 7.18. The van der Waals surface area contributed by atoms with Gasteiger partial charge in [0.15, 0.2) is 0 Å². The van der Waals surface area contributed by atoms with Crippen LogP contribution < -0.4 is 4.90 Å². The predicted octanol–water partition coefficient (Wildman–Crippen LogP) is 13.5.